The third kappa shape index (κ3) is 8.69. The van der Waals surface area contributed by atoms with Crippen LogP contribution in [-0.4, -0.2) is 0 Å². The topological polar surface area (TPSA) is 0 Å². The lowest BCUT2D eigenvalue weighted by atomic mass is 9.78. The fraction of sp³-hybridized carbons (Fsp3) is 1.00. The van der Waals surface area contributed by atoms with Crippen LogP contribution in [-0.2, 0) is 0 Å². The summed E-state index contributed by atoms with van der Waals surface area (Å²) in [5.41, 5.74) is 0. The Morgan fingerprint density at radius 1 is 0.882 bits per heavy atom. The first-order chi connectivity index (χ1) is 8.08. The third-order valence-corrected chi connectivity index (χ3v) is 4.11. The van der Waals surface area contributed by atoms with Crippen molar-refractivity contribution in [2.45, 2.75) is 86.5 Å². The highest BCUT2D eigenvalue weighted by Gasteiger charge is 2.19. The molecule has 17 heavy (non-hydrogen) atoms. The van der Waals surface area contributed by atoms with Crippen LogP contribution < -0.4 is 0 Å². The van der Waals surface area contributed by atoms with Crippen LogP contribution in [0.5, 0.6) is 0 Å². The van der Waals surface area contributed by atoms with Crippen molar-refractivity contribution >= 4 is 0 Å². The van der Waals surface area contributed by atoms with E-state index in [1.807, 2.05) is 13.8 Å². The van der Waals surface area contributed by atoms with Gasteiger partial charge in [0.05, 0.1) is 0 Å². The van der Waals surface area contributed by atoms with Crippen LogP contribution in [0.3, 0.4) is 0 Å². The number of rotatable bonds is 5. The molecule has 0 amide bonds. The molecule has 0 bridgehead atoms. The zero-order valence-corrected chi connectivity index (χ0v) is 13.3. The summed E-state index contributed by atoms with van der Waals surface area (Å²) >= 11 is 0. The lowest BCUT2D eigenvalue weighted by Gasteiger charge is -2.28. The van der Waals surface area contributed by atoms with Crippen molar-refractivity contribution < 1.29 is 0 Å². The smallest absolute Gasteiger partial charge is 0.0412 e. The van der Waals surface area contributed by atoms with Crippen LogP contribution in [0.2, 0.25) is 0 Å². The molecule has 0 aromatic carbocycles. The van der Waals surface area contributed by atoms with Gasteiger partial charge in [-0.2, -0.15) is 0 Å². The number of hydrogen-bond acceptors (Lipinski definition) is 0. The van der Waals surface area contributed by atoms with Gasteiger partial charge in [-0.05, 0) is 30.1 Å². The summed E-state index contributed by atoms with van der Waals surface area (Å²) in [6, 6.07) is 0. The van der Waals surface area contributed by atoms with Gasteiger partial charge in [0.25, 0.3) is 0 Å². The summed E-state index contributed by atoms with van der Waals surface area (Å²) < 4.78 is 0. The maximum Gasteiger partial charge on any atom is -0.0412 e. The van der Waals surface area contributed by atoms with E-state index < -0.39 is 0 Å². The summed E-state index contributed by atoms with van der Waals surface area (Å²) in [5.74, 6) is 3.92. The van der Waals surface area contributed by atoms with E-state index in [0.29, 0.717) is 0 Å². The summed E-state index contributed by atoms with van der Waals surface area (Å²) in [4.78, 5) is 0. The molecule has 0 heterocycles. The quantitative estimate of drug-likeness (QED) is 0.529. The maximum absolute atomic E-state index is 2.46. The van der Waals surface area contributed by atoms with Gasteiger partial charge in [0, 0.05) is 0 Å². The van der Waals surface area contributed by atoms with Crippen LogP contribution in [0.1, 0.15) is 86.5 Å². The van der Waals surface area contributed by atoms with Crippen molar-refractivity contribution in [2.24, 2.45) is 23.7 Å². The zero-order valence-electron chi connectivity index (χ0n) is 13.3. The Morgan fingerprint density at radius 3 is 1.88 bits per heavy atom. The molecule has 0 heteroatoms. The van der Waals surface area contributed by atoms with Crippen molar-refractivity contribution in [2.75, 3.05) is 0 Å². The molecule has 0 radical (unpaired) electrons. The standard InChI is InChI=1S/C15H30.C2H6/c1-12(2)5-6-14(4)11-15-9-7-13(3)8-10-15;1-2/h12-15H,5-11H2,1-4H3;1-2H3. The van der Waals surface area contributed by atoms with Crippen molar-refractivity contribution in [1.29, 1.82) is 0 Å². The van der Waals surface area contributed by atoms with Crippen molar-refractivity contribution in [3.8, 4) is 0 Å². The molecule has 0 aliphatic heterocycles. The van der Waals surface area contributed by atoms with Crippen molar-refractivity contribution in [3.05, 3.63) is 0 Å². The van der Waals surface area contributed by atoms with Crippen molar-refractivity contribution in [1.82, 2.24) is 0 Å². The molecular weight excluding hydrogens is 204 g/mol. The predicted molar refractivity (Wildman–Crippen MR) is 80.3 cm³/mol. The SMILES string of the molecule is CC.CC(C)CCC(C)CC1CCC(C)CC1. The lowest BCUT2D eigenvalue weighted by molar-refractivity contribution is 0.242. The Kier molecular flexibility index (Phi) is 9.97. The molecule has 1 aliphatic rings. The highest BCUT2D eigenvalue weighted by molar-refractivity contribution is 4.72. The van der Waals surface area contributed by atoms with Crippen LogP contribution in [0.15, 0.2) is 0 Å². The Hall–Kier alpha value is 0. The maximum atomic E-state index is 2.46. The average molecular weight is 240 g/mol. The monoisotopic (exact) mass is 240 g/mol. The lowest BCUT2D eigenvalue weighted by Crippen LogP contribution is -2.15. The van der Waals surface area contributed by atoms with Crippen molar-refractivity contribution in [3.63, 3.8) is 0 Å². The van der Waals surface area contributed by atoms with Crippen LogP contribution >= 0.6 is 0 Å². The molecule has 1 unspecified atom stereocenters. The molecule has 1 atom stereocenters. The minimum atomic E-state index is 0.888. The Bertz CT molecular complexity index is 151. The summed E-state index contributed by atoms with van der Waals surface area (Å²) in [6.45, 7) is 13.6. The van der Waals surface area contributed by atoms with Gasteiger partial charge in [0.1, 0.15) is 0 Å². The van der Waals surface area contributed by atoms with Gasteiger partial charge in [0.2, 0.25) is 0 Å². The minimum absolute atomic E-state index is 0.888. The minimum Gasteiger partial charge on any atom is -0.0683 e. The molecule has 0 nitrogen and oxygen atoms in total. The first-order valence-electron chi connectivity index (χ1n) is 8.08. The van der Waals surface area contributed by atoms with E-state index in [-0.39, 0.29) is 0 Å². The summed E-state index contributed by atoms with van der Waals surface area (Å²) in [6.07, 6.45) is 10.4. The number of hydrogen-bond donors (Lipinski definition) is 0. The molecular formula is C17H36. The van der Waals surface area contributed by atoms with Gasteiger partial charge in [-0.1, -0.05) is 80.1 Å². The van der Waals surface area contributed by atoms with Crippen LogP contribution in [0.4, 0.5) is 0 Å². The van der Waals surface area contributed by atoms with Gasteiger partial charge in [-0.15, -0.1) is 0 Å². The Labute approximate surface area is 111 Å². The molecule has 0 aromatic heterocycles. The molecule has 0 aromatic rings. The van der Waals surface area contributed by atoms with E-state index in [9.17, 15) is 0 Å². The highest BCUT2D eigenvalue weighted by atomic mass is 14.3. The van der Waals surface area contributed by atoms with Crippen LogP contribution in [0, 0.1) is 23.7 Å². The van der Waals surface area contributed by atoms with Gasteiger partial charge in [0.15, 0.2) is 0 Å². The second-order valence-electron chi connectivity index (χ2n) is 6.44. The molecule has 1 fully saturated rings. The molecule has 0 spiro atoms. The highest BCUT2D eigenvalue weighted by Crippen LogP contribution is 2.33. The van der Waals surface area contributed by atoms with Gasteiger partial charge in [-0.3, -0.25) is 0 Å². The molecule has 0 N–H and O–H groups in total. The average Bonchev–Trinajstić information content (AvgIpc) is 2.32. The summed E-state index contributed by atoms with van der Waals surface area (Å²) in [7, 11) is 0. The van der Waals surface area contributed by atoms with Gasteiger partial charge < -0.3 is 0 Å². The Balaban J connectivity index is 0.00000121. The van der Waals surface area contributed by atoms with Gasteiger partial charge >= 0.3 is 0 Å². The Morgan fingerprint density at radius 2 is 1.41 bits per heavy atom. The second kappa shape index (κ2) is 9.97. The second-order valence-corrected chi connectivity index (χ2v) is 6.44. The molecule has 0 saturated heterocycles. The van der Waals surface area contributed by atoms with E-state index in [4.69, 9.17) is 0 Å². The van der Waals surface area contributed by atoms with E-state index >= 15 is 0 Å². The molecule has 104 valence electrons. The third-order valence-electron chi connectivity index (χ3n) is 4.11. The zero-order chi connectivity index (χ0) is 13.3. The first kappa shape index (κ1) is 17.0. The van der Waals surface area contributed by atoms with E-state index in [1.165, 1.54) is 44.9 Å². The van der Waals surface area contributed by atoms with Crippen LogP contribution in [0.25, 0.3) is 0 Å². The molecule has 1 rings (SSSR count). The summed E-state index contributed by atoms with van der Waals surface area (Å²) in [5, 5.41) is 0. The van der Waals surface area contributed by atoms with E-state index in [0.717, 1.165) is 23.7 Å². The largest absolute Gasteiger partial charge is 0.0683 e. The molecule has 1 saturated carbocycles. The van der Waals surface area contributed by atoms with Gasteiger partial charge in [-0.25, -0.2) is 0 Å². The fourth-order valence-corrected chi connectivity index (χ4v) is 2.87. The molecule has 1 aliphatic carbocycles. The van der Waals surface area contributed by atoms with E-state index in [1.54, 1.807) is 0 Å². The first-order valence-corrected chi connectivity index (χ1v) is 8.08. The normalized spacial score (nSPS) is 26.3. The fourth-order valence-electron chi connectivity index (χ4n) is 2.87. The predicted octanol–water partition coefficient (Wildman–Crippen LogP) is 6.30. The van der Waals surface area contributed by atoms with E-state index in [2.05, 4.69) is 27.7 Å².